The van der Waals surface area contributed by atoms with Crippen LogP contribution in [0.1, 0.15) is 24.0 Å². The van der Waals surface area contributed by atoms with E-state index in [4.69, 9.17) is 35.8 Å². The van der Waals surface area contributed by atoms with E-state index in [9.17, 15) is 26.4 Å². The molecule has 38 heavy (non-hydrogen) atoms. The topological polar surface area (TPSA) is 149 Å². The first kappa shape index (κ1) is 30.9. The molecule has 0 aliphatic heterocycles. The maximum atomic E-state index is 12.9. The summed E-state index contributed by atoms with van der Waals surface area (Å²) in [7, 11) is -2.67. The summed E-state index contributed by atoms with van der Waals surface area (Å²) in [6.45, 7) is 0.189. The van der Waals surface area contributed by atoms with Crippen LogP contribution in [0.2, 0.25) is 5.02 Å². The normalized spacial score (nSPS) is 11.5. The molecule has 0 fully saturated rings. The van der Waals surface area contributed by atoms with Gasteiger partial charge in [-0.3, -0.25) is 0 Å². The van der Waals surface area contributed by atoms with Gasteiger partial charge in [0.2, 0.25) is 5.88 Å². The Labute approximate surface area is 222 Å². The fourth-order valence-electron chi connectivity index (χ4n) is 2.77. The predicted octanol–water partition coefficient (Wildman–Crippen LogP) is 3.98. The number of halogens is 4. The van der Waals surface area contributed by atoms with Gasteiger partial charge in [-0.25, -0.2) is 14.5 Å². The fraction of sp³-hybridized carbons (Fsp3) is 0.409. The standard InChI is InChI=1S/C22H24ClF3N4O7S/c1-34-10-11-35-17-6-5-15(4-2-9-36-21(31)30-38(32,33)29-8-3-7-27)19(13-17)37-20-18(23)12-16(14-28-20)22(24,25)26/h5-6,12-14,29H,2-4,8-11H2,1H3,(H,30,31). The van der Waals surface area contributed by atoms with Gasteiger partial charge in [0.1, 0.15) is 23.1 Å². The molecule has 0 radical (unpaired) electrons. The van der Waals surface area contributed by atoms with Crippen LogP contribution < -0.4 is 18.9 Å². The van der Waals surface area contributed by atoms with Gasteiger partial charge in [0.25, 0.3) is 0 Å². The first-order valence-corrected chi connectivity index (χ1v) is 12.8. The summed E-state index contributed by atoms with van der Waals surface area (Å²) in [6, 6.07) is 7.20. The lowest BCUT2D eigenvalue weighted by molar-refractivity contribution is -0.137. The van der Waals surface area contributed by atoms with E-state index in [2.05, 4.69) is 4.98 Å². The summed E-state index contributed by atoms with van der Waals surface area (Å²) in [4.78, 5) is 15.4. The Morgan fingerprint density at radius 3 is 2.63 bits per heavy atom. The minimum atomic E-state index is -4.63. The summed E-state index contributed by atoms with van der Waals surface area (Å²) >= 11 is 5.96. The molecule has 2 aromatic rings. The fourth-order valence-corrected chi connectivity index (χ4v) is 3.70. The number of benzene rings is 1. The third kappa shape index (κ3) is 10.6. The Morgan fingerprint density at radius 1 is 1.21 bits per heavy atom. The molecule has 11 nitrogen and oxygen atoms in total. The number of amides is 1. The zero-order valence-corrected chi connectivity index (χ0v) is 21.6. The molecule has 0 unspecified atom stereocenters. The number of pyridine rings is 1. The summed E-state index contributed by atoms with van der Waals surface area (Å²) in [6.07, 6.45) is -4.85. The van der Waals surface area contributed by atoms with E-state index < -0.39 is 28.0 Å². The van der Waals surface area contributed by atoms with Crippen molar-refractivity contribution in [2.75, 3.05) is 33.5 Å². The van der Waals surface area contributed by atoms with Crippen LogP contribution in [0.25, 0.3) is 0 Å². The average Bonchev–Trinajstić information content (AvgIpc) is 2.83. The number of nitrogens with zero attached hydrogens (tertiary/aromatic N) is 2. The van der Waals surface area contributed by atoms with E-state index in [-0.39, 0.29) is 55.7 Å². The molecule has 16 heteroatoms. The number of hydrogen-bond acceptors (Lipinski definition) is 9. The smallest absolute Gasteiger partial charge is 0.421 e. The van der Waals surface area contributed by atoms with Crippen molar-refractivity contribution in [1.29, 1.82) is 5.26 Å². The number of nitrogens with one attached hydrogen (secondary N) is 2. The number of alkyl halides is 3. The van der Waals surface area contributed by atoms with E-state index in [1.54, 1.807) is 22.9 Å². The minimum Gasteiger partial charge on any atom is -0.491 e. The van der Waals surface area contributed by atoms with Crippen LogP contribution in [0.4, 0.5) is 18.0 Å². The maximum absolute atomic E-state index is 12.9. The van der Waals surface area contributed by atoms with Crippen molar-refractivity contribution in [2.45, 2.75) is 25.4 Å². The zero-order chi connectivity index (χ0) is 28.2. The van der Waals surface area contributed by atoms with E-state index >= 15 is 0 Å². The largest absolute Gasteiger partial charge is 0.491 e. The highest BCUT2D eigenvalue weighted by molar-refractivity contribution is 7.88. The first-order valence-electron chi connectivity index (χ1n) is 10.9. The Kier molecular flexibility index (Phi) is 11.9. The summed E-state index contributed by atoms with van der Waals surface area (Å²) < 4.78 is 86.8. The number of aromatic nitrogens is 1. The zero-order valence-electron chi connectivity index (χ0n) is 20.0. The Hall–Kier alpha value is -3.32. The highest BCUT2D eigenvalue weighted by atomic mass is 35.5. The summed E-state index contributed by atoms with van der Waals surface area (Å²) in [5, 5.41) is 8.07. The summed E-state index contributed by atoms with van der Waals surface area (Å²) in [5.41, 5.74) is -0.485. The van der Waals surface area contributed by atoms with Crippen molar-refractivity contribution in [3.63, 3.8) is 0 Å². The van der Waals surface area contributed by atoms with Gasteiger partial charge in [0.15, 0.2) is 0 Å². The number of hydrogen-bond donors (Lipinski definition) is 2. The van der Waals surface area contributed by atoms with Crippen molar-refractivity contribution in [3.8, 4) is 23.4 Å². The number of methoxy groups -OCH3 is 1. The number of carbonyl (C=O) groups excluding carboxylic acids is 1. The quantitative estimate of drug-likeness (QED) is 0.316. The van der Waals surface area contributed by atoms with Gasteiger partial charge < -0.3 is 18.9 Å². The maximum Gasteiger partial charge on any atom is 0.421 e. The van der Waals surface area contributed by atoms with Crippen molar-refractivity contribution in [3.05, 3.63) is 46.6 Å². The Bertz CT molecular complexity index is 1240. The number of ether oxygens (including phenoxy) is 4. The highest BCUT2D eigenvalue weighted by Gasteiger charge is 2.32. The van der Waals surface area contributed by atoms with Crippen LogP contribution in [0.15, 0.2) is 30.5 Å². The van der Waals surface area contributed by atoms with Gasteiger partial charge >= 0.3 is 22.5 Å². The SMILES string of the molecule is COCCOc1ccc(CCCOC(=O)NS(=O)(=O)NCCC#N)c(Oc2ncc(C(F)(F)F)cc2Cl)c1. The average molecular weight is 581 g/mol. The number of carbonyl (C=O) groups is 1. The third-order valence-electron chi connectivity index (χ3n) is 4.51. The lowest BCUT2D eigenvalue weighted by Gasteiger charge is -2.15. The van der Waals surface area contributed by atoms with E-state index in [0.29, 0.717) is 30.2 Å². The summed E-state index contributed by atoms with van der Waals surface area (Å²) in [5.74, 6) is 0.302. The highest BCUT2D eigenvalue weighted by Crippen LogP contribution is 2.36. The van der Waals surface area contributed by atoms with Crippen LogP contribution in [0, 0.1) is 11.3 Å². The second kappa shape index (κ2) is 14.6. The Morgan fingerprint density at radius 2 is 1.97 bits per heavy atom. The molecule has 1 aromatic heterocycles. The number of nitriles is 1. The van der Waals surface area contributed by atoms with Crippen molar-refractivity contribution in [2.24, 2.45) is 0 Å². The molecule has 1 amide bonds. The second-order valence-electron chi connectivity index (χ2n) is 7.37. The van der Waals surface area contributed by atoms with Gasteiger partial charge in [-0.1, -0.05) is 17.7 Å². The van der Waals surface area contributed by atoms with Gasteiger partial charge in [-0.05, 0) is 30.5 Å². The van der Waals surface area contributed by atoms with Crippen LogP contribution in [-0.2, 0) is 32.3 Å². The van der Waals surface area contributed by atoms with E-state index in [1.165, 1.54) is 13.2 Å². The molecule has 0 saturated heterocycles. The molecule has 0 spiro atoms. The Balaban J connectivity index is 2.06. The molecular formula is C22H24ClF3N4O7S. The molecule has 0 aliphatic rings. The van der Waals surface area contributed by atoms with Crippen molar-refractivity contribution in [1.82, 2.24) is 14.4 Å². The molecule has 0 atom stereocenters. The molecule has 2 rings (SSSR count). The van der Waals surface area contributed by atoms with Crippen molar-refractivity contribution >= 4 is 27.9 Å². The number of rotatable bonds is 14. The van der Waals surface area contributed by atoms with Crippen LogP contribution in [0.3, 0.4) is 0 Å². The van der Waals surface area contributed by atoms with E-state index in [1.807, 2.05) is 4.72 Å². The molecule has 0 bridgehead atoms. The van der Waals surface area contributed by atoms with Crippen LogP contribution in [0.5, 0.6) is 17.4 Å². The molecular weight excluding hydrogens is 557 g/mol. The minimum absolute atomic E-state index is 0.0796. The van der Waals surface area contributed by atoms with Gasteiger partial charge in [0, 0.05) is 32.3 Å². The molecule has 0 saturated carbocycles. The van der Waals surface area contributed by atoms with E-state index in [0.717, 1.165) is 0 Å². The third-order valence-corrected chi connectivity index (χ3v) is 5.80. The lowest BCUT2D eigenvalue weighted by atomic mass is 10.1. The lowest BCUT2D eigenvalue weighted by Crippen LogP contribution is -2.40. The molecule has 0 aliphatic carbocycles. The number of aryl methyl sites for hydroxylation is 1. The monoisotopic (exact) mass is 580 g/mol. The van der Waals surface area contributed by atoms with Gasteiger partial charge in [-0.2, -0.15) is 31.6 Å². The molecule has 1 aromatic carbocycles. The first-order chi connectivity index (χ1) is 17.9. The molecule has 208 valence electrons. The van der Waals surface area contributed by atoms with Crippen molar-refractivity contribution < 1.29 is 45.3 Å². The van der Waals surface area contributed by atoms with Gasteiger partial charge in [-0.15, -0.1) is 0 Å². The molecule has 2 N–H and O–H groups in total. The van der Waals surface area contributed by atoms with Crippen LogP contribution in [-0.4, -0.2) is 53.0 Å². The molecule has 1 heterocycles. The van der Waals surface area contributed by atoms with Gasteiger partial charge in [0.05, 0.1) is 24.8 Å². The van der Waals surface area contributed by atoms with Crippen LogP contribution >= 0.6 is 11.6 Å². The predicted molar refractivity (Wildman–Crippen MR) is 128 cm³/mol. The second-order valence-corrected chi connectivity index (χ2v) is 9.28.